The summed E-state index contributed by atoms with van der Waals surface area (Å²) in [7, 11) is 0. The van der Waals surface area contributed by atoms with Gasteiger partial charge in [-0.25, -0.2) is 0 Å². The molecule has 4 fully saturated rings. The molecule has 8 unspecified atom stereocenters. The summed E-state index contributed by atoms with van der Waals surface area (Å²) in [5, 5.41) is 19.1. The molecule has 2 heteroatoms. The molecule has 0 heterocycles. The number of fused-ring (bicyclic) bond motifs is 9. The van der Waals surface area contributed by atoms with Gasteiger partial charge in [0.2, 0.25) is 0 Å². The Morgan fingerprint density at radius 1 is 0.800 bits per heavy atom. The smallest absolute Gasteiger partial charge is 0.0465 e. The highest BCUT2D eigenvalue weighted by atomic mass is 16.3. The maximum Gasteiger partial charge on any atom is 0.0465 e. The van der Waals surface area contributed by atoms with Crippen molar-refractivity contribution < 1.29 is 10.2 Å². The molecule has 0 saturated heterocycles. The molecule has 4 saturated carbocycles. The molecule has 0 spiro atoms. The van der Waals surface area contributed by atoms with E-state index in [1.54, 1.807) is 0 Å². The molecule has 8 atom stereocenters. The van der Waals surface area contributed by atoms with Gasteiger partial charge in [-0.1, -0.05) is 20.8 Å². The van der Waals surface area contributed by atoms with Crippen LogP contribution < -0.4 is 0 Å². The third-order valence-corrected chi connectivity index (χ3v) is 6.65. The summed E-state index contributed by atoms with van der Waals surface area (Å²) in [6.07, 6.45) is 5.70. The van der Waals surface area contributed by atoms with Crippen LogP contribution in [0.1, 0.15) is 46.5 Å². The summed E-state index contributed by atoms with van der Waals surface area (Å²) in [5.74, 6) is 7.04. The minimum Gasteiger partial charge on any atom is -0.396 e. The summed E-state index contributed by atoms with van der Waals surface area (Å²) < 4.78 is 0. The molecular formula is C18H32O2. The molecule has 0 aliphatic heterocycles. The molecule has 4 bridgehead atoms. The molecule has 0 aromatic rings. The molecule has 116 valence electrons. The predicted octanol–water partition coefficient (Wildman–Crippen LogP) is 3.18. The highest BCUT2D eigenvalue weighted by Gasteiger charge is 2.64. The third-order valence-electron chi connectivity index (χ3n) is 6.65. The van der Waals surface area contributed by atoms with E-state index < -0.39 is 0 Å². The second kappa shape index (κ2) is 5.61. The topological polar surface area (TPSA) is 40.5 Å². The van der Waals surface area contributed by atoms with E-state index in [1.807, 2.05) is 0 Å². The average Bonchev–Trinajstić information content (AvgIpc) is 3.13. The second-order valence-electron chi connectivity index (χ2n) is 8.48. The van der Waals surface area contributed by atoms with Gasteiger partial charge in [0.15, 0.2) is 0 Å². The van der Waals surface area contributed by atoms with Gasteiger partial charge in [-0.2, -0.15) is 0 Å². The molecule has 0 aromatic heterocycles. The van der Waals surface area contributed by atoms with E-state index in [0.717, 1.165) is 41.4 Å². The summed E-state index contributed by atoms with van der Waals surface area (Å²) in [6.45, 7) is 7.12. The standard InChI is InChI=1S/C14H22O2.C4H10/c15-5-11-9-4-10(12(11)6-16)14-8-2-1-7(3-8)13(9)14;1-4(2)3/h7-16H,1-6H2;4H,1-3H3. The van der Waals surface area contributed by atoms with Crippen LogP contribution in [0, 0.1) is 53.3 Å². The first-order valence-electron chi connectivity index (χ1n) is 8.80. The maximum absolute atomic E-state index is 9.57. The lowest BCUT2D eigenvalue weighted by Gasteiger charge is -2.42. The molecule has 4 aliphatic carbocycles. The van der Waals surface area contributed by atoms with Gasteiger partial charge in [0.25, 0.3) is 0 Å². The van der Waals surface area contributed by atoms with Crippen molar-refractivity contribution in [2.75, 3.05) is 13.2 Å². The number of hydrogen-bond donors (Lipinski definition) is 2. The van der Waals surface area contributed by atoms with Crippen molar-refractivity contribution in [2.45, 2.75) is 46.5 Å². The molecular weight excluding hydrogens is 248 g/mol. The van der Waals surface area contributed by atoms with Crippen LogP contribution >= 0.6 is 0 Å². The van der Waals surface area contributed by atoms with Crippen LogP contribution in [0.4, 0.5) is 0 Å². The van der Waals surface area contributed by atoms with E-state index in [0.29, 0.717) is 25.0 Å². The Bertz CT molecular complexity index is 310. The van der Waals surface area contributed by atoms with Crippen LogP contribution in [-0.4, -0.2) is 23.4 Å². The Labute approximate surface area is 124 Å². The summed E-state index contributed by atoms with van der Waals surface area (Å²) in [5.41, 5.74) is 0. The van der Waals surface area contributed by atoms with Crippen LogP contribution in [0.25, 0.3) is 0 Å². The number of aliphatic hydroxyl groups excluding tert-OH is 2. The lowest BCUT2D eigenvalue weighted by Crippen LogP contribution is -2.40. The molecule has 20 heavy (non-hydrogen) atoms. The summed E-state index contributed by atoms with van der Waals surface area (Å²) in [4.78, 5) is 0. The van der Waals surface area contributed by atoms with Crippen molar-refractivity contribution in [3.8, 4) is 0 Å². The molecule has 2 nitrogen and oxygen atoms in total. The Morgan fingerprint density at radius 2 is 1.20 bits per heavy atom. The molecule has 4 aliphatic rings. The third kappa shape index (κ3) is 2.14. The van der Waals surface area contributed by atoms with Crippen LogP contribution in [0.2, 0.25) is 0 Å². The van der Waals surface area contributed by atoms with E-state index >= 15 is 0 Å². The van der Waals surface area contributed by atoms with Gasteiger partial charge in [-0.3, -0.25) is 0 Å². The maximum atomic E-state index is 9.57. The number of rotatable bonds is 2. The van der Waals surface area contributed by atoms with Crippen molar-refractivity contribution in [3.63, 3.8) is 0 Å². The van der Waals surface area contributed by atoms with Gasteiger partial charge in [-0.05, 0) is 78.9 Å². The van der Waals surface area contributed by atoms with Crippen LogP contribution in [-0.2, 0) is 0 Å². The number of aliphatic hydroxyl groups is 2. The van der Waals surface area contributed by atoms with Gasteiger partial charge in [-0.15, -0.1) is 0 Å². The van der Waals surface area contributed by atoms with Gasteiger partial charge in [0.05, 0.1) is 0 Å². The SMILES string of the molecule is CC(C)C.OCC1C(CO)C2CC1C1C3CCC(C3)C21. The van der Waals surface area contributed by atoms with Crippen molar-refractivity contribution in [1.29, 1.82) is 0 Å². The zero-order valence-electron chi connectivity index (χ0n) is 13.3. The molecule has 0 amide bonds. The normalized spacial score (nSPS) is 51.3. The van der Waals surface area contributed by atoms with E-state index in [-0.39, 0.29) is 0 Å². The lowest BCUT2D eigenvalue weighted by molar-refractivity contribution is 0.00173. The minimum atomic E-state index is 0.312. The van der Waals surface area contributed by atoms with E-state index in [2.05, 4.69) is 20.8 Å². The Balaban J connectivity index is 0.000000272. The highest BCUT2D eigenvalue weighted by molar-refractivity contribution is 5.13. The zero-order chi connectivity index (χ0) is 14.4. The molecule has 2 N–H and O–H groups in total. The van der Waals surface area contributed by atoms with Crippen LogP contribution in [0.3, 0.4) is 0 Å². The lowest BCUT2D eigenvalue weighted by atomic mass is 9.64. The van der Waals surface area contributed by atoms with Gasteiger partial charge in [0.1, 0.15) is 0 Å². The van der Waals surface area contributed by atoms with E-state index in [9.17, 15) is 10.2 Å². The Hall–Kier alpha value is -0.0800. The minimum absolute atomic E-state index is 0.312. The summed E-state index contributed by atoms with van der Waals surface area (Å²) >= 11 is 0. The van der Waals surface area contributed by atoms with Crippen LogP contribution in [0.5, 0.6) is 0 Å². The fraction of sp³-hybridized carbons (Fsp3) is 1.00. The molecule has 0 aromatic carbocycles. The fourth-order valence-corrected chi connectivity index (χ4v) is 6.38. The monoisotopic (exact) mass is 280 g/mol. The summed E-state index contributed by atoms with van der Waals surface area (Å²) in [6, 6.07) is 0. The fourth-order valence-electron chi connectivity index (χ4n) is 6.38. The first-order valence-corrected chi connectivity index (χ1v) is 8.80. The quantitative estimate of drug-likeness (QED) is 0.763. The van der Waals surface area contributed by atoms with Gasteiger partial charge >= 0.3 is 0 Å². The van der Waals surface area contributed by atoms with Crippen molar-refractivity contribution >= 4 is 0 Å². The van der Waals surface area contributed by atoms with Crippen molar-refractivity contribution in [2.24, 2.45) is 53.3 Å². The van der Waals surface area contributed by atoms with Gasteiger partial charge < -0.3 is 10.2 Å². The first-order chi connectivity index (χ1) is 9.58. The molecule has 4 rings (SSSR count). The average molecular weight is 280 g/mol. The second-order valence-corrected chi connectivity index (χ2v) is 8.48. The van der Waals surface area contributed by atoms with Gasteiger partial charge in [0, 0.05) is 13.2 Å². The number of hydrogen-bond acceptors (Lipinski definition) is 2. The zero-order valence-corrected chi connectivity index (χ0v) is 13.3. The Kier molecular flexibility index (Phi) is 4.16. The largest absolute Gasteiger partial charge is 0.396 e. The first kappa shape index (κ1) is 14.8. The Morgan fingerprint density at radius 3 is 1.55 bits per heavy atom. The van der Waals surface area contributed by atoms with Crippen molar-refractivity contribution in [1.82, 2.24) is 0 Å². The van der Waals surface area contributed by atoms with E-state index in [1.165, 1.54) is 25.7 Å². The predicted molar refractivity (Wildman–Crippen MR) is 81.1 cm³/mol. The van der Waals surface area contributed by atoms with E-state index in [4.69, 9.17) is 0 Å². The van der Waals surface area contributed by atoms with Crippen LogP contribution in [0.15, 0.2) is 0 Å². The molecule has 0 radical (unpaired) electrons. The van der Waals surface area contributed by atoms with Crippen molar-refractivity contribution in [3.05, 3.63) is 0 Å². The highest BCUT2D eigenvalue weighted by Crippen LogP contribution is 2.70.